The van der Waals surface area contributed by atoms with E-state index in [0.29, 0.717) is 17.0 Å². The maximum atomic E-state index is 11.2. The molecule has 0 aromatic carbocycles. The van der Waals surface area contributed by atoms with E-state index in [1.165, 1.54) is 0 Å². The van der Waals surface area contributed by atoms with Crippen LogP contribution in [0.15, 0.2) is 24.5 Å². The molecule has 2 aromatic rings. The van der Waals surface area contributed by atoms with Gasteiger partial charge >= 0.3 is 5.97 Å². The summed E-state index contributed by atoms with van der Waals surface area (Å²) in [7, 11) is 1.69. The van der Waals surface area contributed by atoms with E-state index >= 15 is 0 Å². The van der Waals surface area contributed by atoms with Gasteiger partial charge in [0.05, 0.1) is 0 Å². The van der Waals surface area contributed by atoms with Crippen molar-refractivity contribution in [2.45, 2.75) is 19.4 Å². The average Bonchev–Trinajstić information content (AvgIpc) is 2.37. The van der Waals surface area contributed by atoms with Crippen LogP contribution in [-0.4, -0.2) is 38.6 Å². The lowest BCUT2D eigenvalue weighted by molar-refractivity contribution is -0.142. The van der Waals surface area contributed by atoms with E-state index in [1.54, 1.807) is 50.3 Å². The summed E-state index contributed by atoms with van der Waals surface area (Å²) < 4.78 is 0. The Labute approximate surface area is 104 Å². The molecule has 0 saturated carbocycles. The molecule has 0 amide bonds. The minimum atomic E-state index is -1.04. The fourth-order valence-electron chi connectivity index (χ4n) is 1.46. The Morgan fingerprint density at radius 1 is 1.28 bits per heavy atom. The highest BCUT2D eigenvalue weighted by Crippen LogP contribution is 2.21. The van der Waals surface area contributed by atoms with Crippen LogP contribution in [0, 0.1) is 0 Å². The van der Waals surface area contributed by atoms with Crippen molar-refractivity contribution in [1.29, 1.82) is 0 Å². The van der Waals surface area contributed by atoms with Gasteiger partial charge < -0.3 is 10.0 Å². The van der Waals surface area contributed by atoms with E-state index in [9.17, 15) is 9.90 Å². The Balaban J connectivity index is 2.45. The predicted molar refractivity (Wildman–Crippen MR) is 67.5 cm³/mol. The molecule has 0 unspecified atom stereocenters. The Bertz CT molecular complexity index is 597. The summed E-state index contributed by atoms with van der Waals surface area (Å²) in [6, 6.07) is 3.51. The quantitative estimate of drug-likeness (QED) is 0.880. The summed E-state index contributed by atoms with van der Waals surface area (Å²) in [4.78, 5) is 25.3. The molecule has 1 N–H and O–H groups in total. The van der Waals surface area contributed by atoms with Crippen LogP contribution in [0.1, 0.15) is 13.8 Å². The standard InChI is InChI=1S/C12H14N4O2/c1-12(2,11(17)18)16(3)9-5-4-8-10(15-9)14-7-6-13-8/h4-7H,1-3H3,(H,17,18). The summed E-state index contributed by atoms with van der Waals surface area (Å²) in [6.45, 7) is 3.25. The SMILES string of the molecule is CN(c1ccc2nccnc2n1)C(C)(C)C(=O)O. The van der Waals surface area contributed by atoms with Crippen LogP contribution in [0.2, 0.25) is 0 Å². The predicted octanol–water partition coefficient (Wildman–Crippen LogP) is 1.32. The van der Waals surface area contributed by atoms with Gasteiger partial charge in [0.2, 0.25) is 0 Å². The van der Waals surface area contributed by atoms with Crippen molar-refractivity contribution in [2.24, 2.45) is 0 Å². The lowest BCUT2D eigenvalue weighted by Gasteiger charge is -2.32. The molecule has 0 bridgehead atoms. The number of aromatic nitrogens is 3. The van der Waals surface area contributed by atoms with Crippen molar-refractivity contribution < 1.29 is 9.90 Å². The third-order valence-electron chi connectivity index (χ3n) is 3.02. The first-order valence-electron chi connectivity index (χ1n) is 5.48. The molecule has 0 aliphatic rings. The highest BCUT2D eigenvalue weighted by molar-refractivity contribution is 5.82. The summed E-state index contributed by atoms with van der Waals surface area (Å²) in [5.41, 5.74) is 0.147. The molecule has 0 radical (unpaired) electrons. The molecule has 0 fully saturated rings. The first kappa shape index (κ1) is 12.2. The Kier molecular flexibility index (Phi) is 2.86. The first-order chi connectivity index (χ1) is 8.43. The summed E-state index contributed by atoms with van der Waals surface area (Å²) in [5, 5.41) is 9.19. The highest BCUT2D eigenvalue weighted by Gasteiger charge is 2.33. The van der Waals surface area contributed by atoms with Crippen LogP contribution in [0.3, 0.4) is 0 Å². The topological polar surface area (TPSA) is 79.2 Å². The zero-order valence-corrected chi connectivity index (χ0v) is 10.5. The number of hydrogen-bond donors (Lipinski definition) is 1. The van der Waals surface area contributed by atoms with Crippen molar-refractivity contribution in [2.75, 3.05) is 11.9 Å². The van der Waals surface area contributed by atoms with Gasteiger partial charge in [0, 0.05) is 19.4 Å². The minimum absolute atomic E-state index is 0.503. The zero-order chi connectivity index (χ0) is 13.3. The van der Waals surface area contributed by atoms with E-state index in [1.807, 2.05) is 0 Å². The molecule has 6 nitrogen and oxygen atoms in total. The Morgan fingerprint density at radius 2 is 1.94 bits per heavy atom. The lowest BCUT2D eigenvalue weighted by Crippen LogP contribution is -2.48. The fourth-order valence-corrected chi connectivity index (χ4v) is 1.46. The Morgan fingerprint density at radius 3 is 2.61 bits per heavy atom. The van der Waals surface area contributed by atoms with Gasteiger partial charge in [0.1, 0.15) is 16.9 Å². The van der Waals surface area contributed by atoms with Crippen LogP contribution < -0.4 is 4.90 Å². The summed E-state index contributed by atoms with van der Waals surface area (Å²) >= 11 is 0. The van der Waals surface area contributed by atoms with E-state index in [0.717, 1.165) is 0 Å². The van der Waals surface area contributed by atoms with Gasteiger partial charge in [0.15, 0.2) is 5.65 Å². The number of hydrogen-bond acceptors (Lipinski definition) is 5. The van der Waals surface area contributed by atoms with Crippen molar-refractivity contribution in [3.8, 4) is 0 Å². The number of nitrogens with zero attached hydrogens (tertiary/aromatic N) is 4. The summed E-state index contributed by atoms with van der Waals surface area (Å²) in [5.74, 6) is -0.360. The zero-order valence-electron chi connectivity index (χ0n) is 10.5. The van der Waals surface area contributed by atoms with Crippen LogP contribution in [-0.2, 0) is 4.79 Å². The molecule has 0 spiro atoms. The third kappa shape index (κ3) is 1.97. The molecular weight excluding hydrogens is 232 g/mol. The number of aliphatic carboxylic acids is 1. The van der Waals surface area contributed by atoms with E-state index in [-0.39, 0.29) is 0 Å². The molecular formula is C12H14N4O2. The van der Waals surface area contributed by atoms with Crippen LogP contribution in [0.25, 0.3) is 11.2 Å². The molecule has 2 rings (SSSR count). The van der Waals surface area contributed by atoms with Gasteiger partial charge in [-0.05, 0) is 26.0 Å². The molecule has 0 aliphatic carbocycles. The maximum Gasteiger partial charge on any atom is 0.328 e. The smallest absolute Gasteiger partial charge is 0.328 e. The third-order valence-corrected chi connectivity index (χ3v) is 3.02. The van der Waals surface area contributed by atoms with E-state index < -0.39 is 11.5 Å². The number of pyridine rings is 1. The molecule has 6 heteroatoms. The van der Waals surface area contributed by atoms with E-state index in [2.05, 4.69) is 15.0 Å². The monoisotopic (exact) mass is 246 g/mol. The molecule has 0 atom stereocenters. The molecule has 0 aliphatic heterocycles. The fraction of sp³-hybridized carbons (Fsp3) is 0.333. The van der Waals surface area contributed by atoms with E-state index in [4.69, 9.17) is 0 Å². The van der Waals surface area contributed by atoms with Gasteiger partial charge in [-0.2, -0.15) is 0 Å². The van der Waals surface area contributed by atoms with Gasteiger partial charge in [-0.15, -0.1) is 0 Å². The number of carboxylic acid groups (broad SMARTS) is 1. The van der Waals surface area contributed by atoms with Crippen molar-refractivity contribution in [3.63, 3.8) is 0 Å². The van der Waals surface area contributed by atoms with Crippen molar-refractivity contribution in [1.82, 2.24) is 15.0 Å². The van der Waals surface area contributed by atoms with Crippen molar-refractivity contribution in [3.05, 3.63) is 24.5 Å². The number of likely N-dealkylation sites (N-methyl/N-ethyl adjacent to an activating group) is 1. The highest BCUT2D eigenvalue weighted by atomic mass is 16.4. The van der Waals surface area contributed by atoms with Crippen LogP contribution >= 0.6 is 0 Å². The number of anilines is 1. The maximum absolute atomic E-state index is 11.2. The van der Waals surface area contributed by atoms with Gasteiger partial charge in [-0.1, -0.05) is 0 Å². The first-order valence-corrected chi connectivity index (χ1v) is 5.48. The largest absolute Gasteiger partial charge is 0.480 e. The second-order valence-electron chi connectivity index (χ2n) is 4.49. The minimum Gasteiger partial charge on any atom is -0.480 e. The molecule has 18 heavy (non-hydrogen) atoms. The van der Waals surface area contributed by atoms with Crippen LogP contribution in [0.5, 0.6) is 0 Å². The number of carboxylic acids is 1. The van der Waals surface area contributed by atoms with Crippen LogP contribution in [0.4, 0.5) is 5.82 Å². The lowest BCUT2D eigenvalue weighted by atomic mass is 10.0. The van der Waals surface area contributed by atoms with Gasteiger partial charge in [-0.3, -0.25) is 4.98 Å². The second-order valence-corrected chi connectivity index (χ2v) is 4.49. The number of carbonyl (C=O) groups is 1. The number of rotatable bonds is 3. The van der Waals surface area contributed by atoms with Crippen molar-refractivity contribution >= 4 is 23.0 Å². The van der Waals surface area contributed by atoms with Gasteiger partial charge in [0.25, 0.3) is 0 Å². The Hall–Kier alpha value is -2.24. The second kappa shape index (κ2) is 4.21. The summed E-state index contributed by atoms with van der Waals surface area (Å²) in [6.07, 6.45) is 3.15. The molecule has 2 aromatic heterocycles. The molecule has 94 valence electrons. The average molecular weight is 246 g/mol. The molecule has 2 heterocycles. The molecule has 0 saturated heterocycles. The number of fused-ring (bicyclic) bond motifs is 1. The normalized spacial score (nSPS) is 11.5. The van der Waals surface area contributed by atoms with Gasteiger partial charge in [-0.25, -0.2) is 14.8 Å².